The zero-order valence-corrected chi connectivity index (χ0v) is 19.6. The van der Waals surface area contributed by atoms with Crippen LogP contribution in [0.5, 0.6) is 17.2 Å². The maximum absolute atomic E-state index is 6.36. The Kier molecular flexibility index (Phi) is 5.58. The van der Waals surface area contributed by atoms with Crippen LogP contribution in [0.1, 0.15) is 35.4 Å². The summed E-state index contributed by atoms with van der Waals surface area (Å²) in [6, 6.07) is 16.9. The molecule has 0 bridgehead atoms. The van der Waals surface area contributed by atoms with Crippen molar-refractivity contribution in [3.63, 3.8) is 0 Å². The monoisotopic (exact) mass is 488 g/mol. The summed E-state index contributed by atoms with van der Waals surface area (Å²) in [5.74, 6) is 2.09. The second-order valence-electron chi connectivity index (χ2n) is 7.54. The fourth-order valence-electron chi connectivity index (χ4n) is 4.13. The van der Waals surface area contributed by atoms with Crippen molar-refractivity contribution in [1.82, 2.24) is 5.01 Å². The van der Waals surface area contributed by atoms with Gasteiger partial charge in [-0.15, -0.1) is 0 Å². The van der Waals surface area contributed by atoms with Crippen LogP contribution in [0.25, 0.3) is 0 Å². The minimum Gasteiger partial charge on any atom is -0.493 e. The first-order valence-electron chi connectivity index (χ1n) is 9.97. The molecule has 164 valence electrons. The molecule has 2 aliphatic rings. The molecule has 0 saturated carbocycles. The molecule has 2 aliphatic heterocycles. The lowest BCUT2D eigenvalue weighted by Gasteiger charge is -2.38. The van der Waals surface area contributed by atoms with Gasteiger partial charge in [0, 0.05) is 28.1 Å². The number of nitrogens with zero attached hydrogens (tertiary/aromatic N) is 2. The highest BCUT2D eigenvalue weighted by molar-refractivity contribution is 6.42. The third-order valence-electron chi connectivity index (χ3n) is 5.70. The van der Waals surface area contributed by atoms with E-state index in [9.17, 15) is 0 Å². The predicted molar refractivity (Wildman–Crippen MR) is 127 cm³/mol. The molecule has 5 nitrogen and oxygen atoms in total. The maximum Gasteiger partial charge on any atom is 0.213 e. The molecule has 0 radical (unpaired) electrons. The molecule has 0 amide bonds. The molecule has 0 aromatic heterocycles. The first-order valence-corrected chi connectivity index (χ1v) is 11.1. The molecule has 2 heterocycles. The Balaban J connectivity index is 1.59. The van der Waals surface area contributed by atoms with E-state index in [1.54, 1.807) is 20.3 Å². The second kappa shape index (κ2) is 8.39. The number of rotatable bonds is 4. The fraction of sp³-hybridized carbons (Fsp3) is 0.208. The van der Waals surface area contributed by atoms with Crippen molar-refractivity contribution in [2.75, 3.05) is 14.2 Å². The van der Waals surface area contributed by atoms with E-state index in [4.69, 9.17) is 54.1 Å². The highest BCUT2D eigenvalue weighted by Crippen LogP contribution is 2.49. The largest absolute Gasteiger partial charge is 0.493 e. The van der Waals surface area contributed by atoms with E-state index in [1.165, 1.54) is 0 Å². The molecule has 0 N–H and O–H groups in total. The van der Waals surface area contributed by atoms with Gasteiger partial charge in [0.2, 0.25) is 6.23 Å². The summed E-state index contributed by atoms with van der Waals surface area (Å²) in [7, 11) is 3.23. The average molecular weight is 490 g/mol. The summed E-state index contributed by atoms with van der Waals surface area (Å²) < 4.78 is 17.2. The molecule has 32 heavy (non-hydrogen) atoms. The molecule has 2 atom stereocenters. The van der Waals surface area contributed by atoms with Crippen LogP contribution in [0.4, 0.5) is 0 Å². The lowest BCUT2D eigenvalue weighted by atomic mass is 9.95. The van der Waals surface area contributed by atoms with E-state index in [-0.39, 0.29) is 6.04 Å². The van der Waals surface area contributed by atoms with E-state index in [2.05, 4.69) is 0 Å². The van der Waals surface area contributed by atoms with Gasteiger partial charge in [-0.05, 0) is 48.5 Å². The number of hydrazone groups is 1. The Morgan fingerprint density at radius 1 is 0.906 bits per heavy atom. The van der Waals surface area contributed by atoms with E-state index >= 15 is 0 Å². The number of methoxy groups -OCH3 is 2. The van der Waals surface area contributed by atoms with Crippen molar-refractivity contribution in [3.8, 4) is 17.2 Å². The van der Waals surface area contributed by atoms with Crippen LogP contribution in [0, 0.1) is 0 Å². The second-order valence-corrected chi connectivity index (χ2v) is 8.79. The molecule has 0 aliphatic carbocycles. The van der Waals surface area contributed by atoms with Gasteiger partial charge in [0.05, 0.1) is 36.0 Å². The van der Waals surface area contributed by atoms with E-state index in [0.29, 0.717) is 33.0 Å². The smallest absolute Gasteiger partial charge is 0.213 e. The van der Waals surface area contributed by atoms with Crippen molar-refractivity contribution in [2.45, 2.75) is 18.7 Å². The fourth-order valence-corrected chi connectivity index (χ4v) is 4.62. The first kappa shape index (κ1) is 21.3. The van der Waals surface area contributed by atoms with Crippen LogP contribution in [-0.4, -0.2) is 24.9 Å². The van der Waals surface area contributed by atoms with Gasteiger partial charge in [0.1, 0.15) is 5.75 Å². The molecule has 0 saturated heterocycles. The predicted octanol–water partition coefficient (Wildman–Crippen LogP) is 6.91. The van der Waals surface area contributed by atoms with Crippen LogP contribution in [-0.2, 0) is 0 Å². The summed E-state index contributed by atoms with van der Waals surface area (Å²) >= 11 is 18.7. The normalized spacial score (nSPS) is 19.0. The highest BCUT2D eigenvalue weighted by Gasteiger charge is 2.41. The quantitative estimate of drug-likeness (QED) is 0.399. The summed E-state index contributed by atoms with van der Waals surface area (Å²) in [5.41, 5.74) is 3.72. The number of ether oxygens (including phenoxy) is 3. The Labute approximate surface area is 201 Å². The standard InChI is InChI=1S/C24H19Cl3N2O3/c1-30-22-7-4-13(10-23(22)31-2)19-12-20-16-11-15(25)5-8-21(16)32-24(29(20)28-19)14-3-6-17(26)18(27)9-14/h3-11,20,24H,12H2,1-2H3. The topological polar surface area (TPSA) is 43.3 Å². The van der Waals surface area contributed by atoms with E-state index < -0.39 is 6.23 Å². The van der Waals surface area contributed by atoms with Gasteiger partial charge in [-0.2, -0.15) is 5.10 Å². The van der Waals surface area contributed by atoms with Gasteiger partial charge in [-0.1, -0.05) is 40.9 Å². The van der Waals surface area contributed by atoms with Crippen LogP contribution in [0.3, 0.4) is 0 Å². The van der Waals surface area contributed by atoms with Crippen molar-refractivity contribution in [2.24, 2.45) is 5.10 Å². The molecule has 3 aromatic carbocycles. The third-order valence-corrected chi connectivity index (χ3v) is 6.67. The van der Waals surface area contributed by atoms with Crippen LogP contribution in [0.2, 0.25) is 15.1 Å². The van der Waals surface area contributed by atoms with Gasteiger partial charge in [0.25, 0.3) is 0 Å². The number of hydrogen-bond acceptors (Lipinski definition) is 5. The molecular weight excluding hydrogens is 471 g/mol. The number of halogens is 3. The molecule has 5 rings (SSSR count). The van der Waals surface area contributed by atoms with E-state index in [1.807, 2.05) is 53.5 Å². The van der Waals surface area contributed by atoms with Crippen molar-refractivity contribution < 1.29 is 14.2 Å². The van der Waals surface area contributed by atoms with Crippen molar-refractivity contribution in [1.29, 1.82) is 0 Å². The lowest BCUT2D eigenvalue weighted by molar-refractivity contribution is -0.0190. The Morgan fingerprint density at radius 2 is 1.72 bits per heavy atom. The lowest BCUT2D eigenvalue weighted by Crippen LogP contribution is -2.33. The highest BCUT2D eigenvalue weighted by atomic mass is 35.5. The Morgan fingerprint density at radius 3 is 2.47 bits per heavy atom. The minimum absolute atomic E-state index is 0.0417. The molecule has 3 aromatic rings. The maximum atomic E-state index is 6.36. The number of benzene rings is 3. The minimum atomic E-state index is -0.457. The molecule has 8 heteroatoms. The molecule has 0 fully saturated rings. The third kappa shape index (κ3) is 3.64. The summed E-state index contributed by atoms with van der Waals surface area (Å²) in [4.78, 5) is 0. The number of fused-ring (bicyclic) bond motifs is 3. The summed E-state index contributed by atoms with van der Waals surface area (Å²) in [6.45, 7) is 0. The van der Waals surface area contributed by atoms with Crippen LogP contribution >= 0.6 is 34.8 Å². The van der Waals surface area contributed by atoms with Gasteiger partial charge >= 0.3 is 0 Å². The van der Waals surface area contributed by atoms with Crippen molar-refractivity contribution >= 4 is 40.5 Å². The first-order chi connectivity index (χ1) is 15.5. The zero-order valence-electron chi connectivity index (χ0n) is 17.3. The summed E-state index contributed by atoms with van der Waals surface area (Å²) in [5, 5.41) is 8.53. The Hall–Kier alpha value is -2.60. The summed E-state index contributed by atoms with van der Waals surface area (Å²) in [6.07, 6.45) is 0.227. The van der Waals surface area contributed by atoms with E-state index in [0.717, 1.165) is 28.2 Å². The zero-order chi connectivity index (χ0) is 22.4. The van der Waals surface area contributed by atoms with Gasteiger partial charge in [-0.3, -0.25) is 0 Å². The Bertz CT molecular complexity index is 1230. The van der Waals surface area contributed by atoms with Crippen LogP contribution in [0.15, 0.2) is 59.7 Å². The average Bonchev–Trinajstić information content (AvgIpc) is 3.26. The van der Waals surface area contributed by atoms with Crippen molar-refractivity contribution in [3.05, 3.63) is 86.4 Å². The SMILES string of the molecule is COc1ccc(C2=NN3C(C2)c2cc(Cl)ccc2OC3c2ccc(Cl)c(Cl)c2)cc1OC. The number of hydrogen-bond donors (Lipinski definition) is 0. The van der Waals surface area contributed by atoms with Crippen LogP contribution < -0.4 is 14.2 Å². The van der Waals surface area contributed by atoms with Gasteiger partial charge in [-0.25, -0.2) is 5.01 Å². The molecular formula is C24H19Cl3N2O3. The molecule has 0 spiro atoms. The molecule has 2 unspecified atom stereocenters. The van der Waals surface area contributed by atoms with Gasteiger partial charge in [0.15, 0.2) is 11.5 Å². The van der Waals surface area contributed by atoms with Gasteiger partial charge < -0.3 is 14.2 Å².